The van der Waals surface area contributed by atoms with Crippen LogP contribution in [-0.4, -0.2) is 24.3 Å². The number of rotatable bonds is 4. The average molecular weight is 413 g/mol. The van der Waals surface area contributed by atoms with Crippen LogP contribution in [0.15, 0.2) is 91.4 Å². The van der Waals surface area contributed by atoms with E-state index < -0.39 is 0 Å². The minimum atomic E-state index is 0.770. The number of nitrogens with zero attached hydrogens (tertiary/aromatic N) is 5. The van der Waals surface area contributed by atoms with Crippen molar-refractivity contribution in [1.29, 1.82) is 0 Å². The molecule has 0 amide bonds. The highest BCUT2D eigenvalue weighted by atomic mass is 15.1. The maximum absolute atomic E-state index is 4.59. The van der Waals surface area contributed by atoms with Crippen molar-refractivity contribution in [1.82, 2.24) is 24.3 Å². The molecule has 5 heteroatoms. The molecule has 0 saturated heterocycles. The van der Waals surface area contributed by atoms with Gasteiger partial charge in [-0.1, -0.05) is 36.4 Å². The molecule has 0 N–H and O–H groups in total. The Morgan fingerprint density at radius 1 is 0.625 bits per heavy atom. The summed E-state index contributed by atoms with van der Waals surface area (Å²) in [5.74, 6) is 0. The largest absolute Gasteiger partial charge is 0.323 e. The highest BCUT2D eigenvalue weighted by molar-refractivity contribution is 5.77. The summed E-state index contributed by atoms with van der Waals surface area (Å²) in [7, 11) is 0. The van der Waals surface area contributed by atoms with E-state index in [9.17, 15) is 0 Å². The first-order chi connectivity index (χ1) is 15.8. The Balaban J connectivity index is 1.30. The van der Waals surface area contributed by atoms with Crippen molar-refractivity contribution in [2.24, 2.45) is 0 Å². The normalized spacial score (nSPS) is 12.1. The number of hydrogen-bond donors (Lipinski definition) is 0. The van der Waals surface area contributed by atoms with Gasteiger partial charge in [-0.25, -0.2) is 0 Å². The number of hydrogen-bond acceptors (Lipinski definition) is 3. The number of pyridine rings is 2. The molecule has 5 nitrogen and oxygen atoms in total. The Hall–Kier alpha value is -4.51. The van der Waals surface area contributed by atoms with Gasteiger partial charge in [0.05, 0.1) is 29.0 Å². The van der Waals surface area contributed by atoms with Crippen LogP contribution in [0.5, 0.6) is 0 Å². The molecule has 0 unspecified atom stereocenters. The first-order valence-electron chi connectivity index (χ1n) is 10.5. The molecular formula is C27H19N5. The first kappa shape index (κ1) is 18.3. The fourth-order valence-electron chi connectivity index (χ4n) is 3.99. The molecule has 32 heavy (non-hydrogen) atoms. The van der Waals surface area contributed by atoms with Crippen LogP contribution >= 0.6 is 0 Å². The van der Waals surface area contributed by atoms with Gasteiger partial charge >= 0.3 is 0 Å². The Bertz CT molecular complexity index is 1490. The molecule has 0 aromatic rings. The Morgan fingerprint density at radius 3 is 2.00 bits per heavy atom. The Kier molecular flexibility index (Phi) is 4.36. The standard InChI is InChI=1S/C27H19N5/c1-5-20-7-3-15-31(26(20)9-1)17-13-22-11-12-23-24(29-30-25(23)19-28-22)14-18-32-16-4-8-21-6-2-10-27(21)32/h1-19H/b17-13+,18-14+. The predicted octanol–water partition coefficient (Wildman–Crippen LogP) is 6.04. The molecule has 0 bridgehead atoms. The van der Waals surface area contributed by atoms with E-state index in [0.717, 1.165) is 28.3 Å². The van der Waals surface area contributed by atoms with Crippen LogP contribution in [0.4, 0.5) is 0 Å². The van der Waals surface area contributed by atoms with Crippen LogP contribution < -0.4 is 0 Å². The summed E-state index contributed by atoms with van der Waals surface area (Å²) in [6.07, 6.45) is 13.9. The highest BCUT2D eigenvalue weighted by Crippen LogP contribution is 2.26. The van der Waals surface area contributed by atoms with Gasteiger partial charge < -0.3 is 9.13 Å². The van der Waals surface area contributed by atoms with Gasteiger partial charge in [-0.2, -0.15) is 0 Å². The zero-order chi connectivity index (χ0) is 21.3. The summed E-state index contributed by atoms with van der Waals surface area (Å²) < 4.78 is 4.19. The summed E-state index contributed by atoms with van der Waals surface area (Å²) in [6, 6.07) is 24.9. The minimum Gasteiger partial charge on any atom is -0.323 e. The maximum Gasteiger partial charge on any atom is 0.113 e. The smallest absolute Gasteiger partial charge is 0.113 e. The molecule has 0 atom stereocenters. The molecular weight excluding hydrogens is 394 g/mol. The number of fused-ring (bicyclic) bond motifs is 3. The molecule has 4 aliphatic heterocycles. The van der Waals surface area contributed by atoms with Gasteiger partial charge in [-0.05, 0) is 59.7 Å². The van der Waals surface area contributed by atoms with Crippen molar-refractivity contribution in [2.75, 3.05) is 0 Å². The van der Waals surface area contributed by atoms with Crippen molar-refractivity contribution in [3.8, 4) is 33.8 Å². The molecule has 2 aliphatic carbocycles. The van der Waals surface area contributed by atoms with Crippen molar-refractivity contribution in [2.45, 2.75) is 0 Å². The molecule has 152 valence electrons. The van der Waals surface area contributed by atoms with Gasteiger partial charge in [-0.15, -0.1) is 10.2 Å². The molecule has 0 saturated carbocycles. The second kappa shape index (κ2) is 7.63. The molecule has 0 fully saturated rings. The summed E-state index contributed by atoms with van der Waals surface area (Å²) in [6.45, 7) is 0. The van der Waals surface area contributed by atoms with Crippen LogP contribution in [0.1, 0.15) is 11.4 Å². The molecule has 0 aromatic heterocycles. The fourth-order valence-corrected chi connectivity index (χ4v) is 3.99. The fraction of sp³-hybridized carbons (Fsp3) is 0. The average Bonchev–Trinajstić information content (AvgIpc) is 3.54. The summed E-state index contributed by atoms with van der Waals surface area (Å²) in [5, 5.41) is 8.66. The molecule has 4 heterocycles. The van der Waals surface area contributed by atoms with Crippen LogP contribution in [-0.2, 0) is 0 Å². The molecule has 0 aromatic carbocycles. The van der Waals surface area contributed by atoms with Crippen molar-refractivity contribution in [3.63, 3.8) is 0 Å². The third-order valence-electron chi connectivity index (χ3n) is 5.63. The van der Waals surface area contributed by atoms with E-state index in [2.05, 4.69) is 72.8 Å². The quantitative estimate of drug-likeness (QED) is 0.354. The van der Waals surface area contributed by atoms with E-state index in [-0.39, 0.29) is 0 Å². The molecule has 6 rings (SSSR count). The van der Waals surface area contributed by atoms with Crippen molar-refractivity contribution < 1.29 is 0 Å². The second-order valence-electron chi connectivity index (χ2n) is 7.60. The molecule has 0 spiro atoms. The third kappa shape index (κ3) is 3.26. The first-order valence-corrected chi connectivity index (χ1v) is 10.5. The second-order valence-corrected chi connectivity index (χ2v) is 7.60. The van der Waals surface area contributed by atoms with Crippen molar-refractivity contribution in [3.05, 3.63) is 103 Å². The lowest BCUT2D eigenvalue weighted by molar-refractivity contribution is 1.08. The topological polar surface area (TPSA) is 48.5 Å². The number of aromatic nitrogens is 5. The lowest BCUT2D eigenvalue weighted by atomic mass is 10.1. The minimum absolute atomic E-state index is 0.770. The summed E-state index contributed by atoms with van der Waals surface area (Å²) in [4.78, 5) is 4.59. The third-order valence-corrected chi connectivity index (χ3v) is 5.63. The van der Waals surface area contributed by atoms with Crippen LogP contribution in [0.2, 0.25) is 0 Å². The van der Waals surface area contributed by atoms with Gasteiger partial charge in [0.25, 0.3) is 0 Å². The van der Waals surface area contributed by atoms with Gasteiger partial charge in [0.15, 0.2) is 0 Å². The Morgan fingerprint density at radius 2 is 1.28 bits per heavy atom. The lowest BCUT2D eigenvalue weighted by Gasteiger charge is -2.07. The SMILES string of the molecule is C(=C\n1cccc2cccc1-2)/c1ccc2c(/C=C/n3cccc4cccc3-4)nnc-2cn1. The van der Waals surface area contributed by atoms with E-state index in [0.29, 0.717) is 0 Å². The van der Waals surface area contributed by atoms with E-state index in [1.54, 1.807) is 6.20 Å². The van der Waals surface area contributed by atoms with E-state index in [1.165, 1.54) is 16.8 Å². The van der Waals surface area contributed by atoms with Crippen LogP contribution in [0, 0.1) is 0 Å². The Labute approximate surface area is 185 Å². The lowest BCUT2D eigenvalue weighted by Crippen LogP contribution is -1.92. The van der Waals surface area contributed by atoms with Gasteiger partial charge in [0.1, 0.15) is 5.69 Å². The highest BCUT2D eigenvalue weighted by Gasteiger charge is 2.11. The van der Waals surface area contributed by atoms with Crippen LogP contribution in [0.3, 0.4) is 0 Å². The van der Waals surface area contributed by atoms with E-state index >= 15 is 0 Å². The zero-order valence-corrected chi connectivity index (χ0v) is 17.2. The van der Waals surface area contributed by atoms with Crippen LogP contribution in [0.25, 0.3) is 58.3 Å². The van der Waals surface area contributed by atoms with Gasteiger partial charge in [0.2, 0.25) is 0 Å². The molecule has 6 aliphatic rings. The predicted molar refractivity (Wildman–Crippen MR) is 129 cm³/mol. The summed E-state index contributed by atoms with van der Waals surface area (Å²) in [5.41, 5.74) is 8.15. The zero-order valence-electron chi connectivity index (χ0n) is 17.2. The van der Waals surface area contributed by atoms with Crippen molar-refractivity contribution >= 4 is 24.6 Å². The molecule has 0 radical (unpaired) electrons. The van der Waals surface area contributed by atoms with E-state index in [1.807, 2.05) is 61.2 Å². The maximum atomic E-state index is 4.59. The van der Waals surface area contributed by atoms with Gasteiger partial charge in [0, 0.05) is 30.4 Å². The van der Waals surface area contributed by atoms with E-state index in [4.69, 9.17) is 0 Å². The monoisotopic (exact) mass is 413 g/mol. The van der Waals surface area contributed by atoms with Gasteiger partial charge in [-0.3, -0.25) is 4.98 Å². The summed E-state index contributed by atoms with van der Waals surface area (Å²) >= 11 is 0.